The predicted molar refractivity (Wildman–Crippen MR) is 112 cm³/mol. The first-order valence-electron chi connectivity index (χ1n) is 9.62. The molecule has 2 rings (SSSR count). The van der Waals surface area contributed by atoms with Crippen LogP contribution in [0, 0.1) is 5.92 Å². The Morgan fingerprint density at radius 2 is 1.69 bits per heavy atom. The van der Waals surface area contributed by atoms with Gasteiger partial charge in [0.2, 0.25) is 15.9 Å². The third-order valence-corrected chi connectivity index (χ3v) is 8.98. The average Bonchev–Trinajstić information content (AvgIpc) is 2.69. The molecule has 9 nitrogen and oxygen atoms in total. The van der Waals surface area contributed by atoms with Crippen molar-refractivity contribution in [2.75, 3.05) is 45.6 Å². The highest BCUT2D eigenvalue weighted by Crippen LogP contribution is 2.23. The van der Waals surface area contributed by atoms with E-state index in [0.717, 1.165) is 4.31 Å². The molecule has 0 bridgehead atoms. The summed E-state index contributed by atoms with van der Waals surface area (Å²) in [5.74, 6) is -0.736. The number of amides is 1. The van der Waals surface area contributed by atoms with E-state index in [1.807, 2.05) is 0 Å². The van der Waals surface area contributed by atoms with Gasteiger partial charge in [-0.25, -0.2) is 8.42 Å². The molecule has 0 spiro atoms. The molecule has 1 heterocycles. The van der Waals surface area contributed by atoms with Crippen LogP contribution >= 0.6 is 0 Å². The molecular formula is C18H30N4O5S2. The molecule has 1 aliphatic rings. The van der Waals surface area contributed by atoms with Gasteiger partial charge in [-0.3, -0.25) is 4.79 Å². The molecule has 0 saturated carbocycles. The van der Waals surface area contributed by atoms with E-state index in [0.29, 0.717) is 38.2 Å². The first-order chi connectivity index (χ1) is 13.5. The first-order valence-corrected chi connectivity index (χ1v) is 12.5. The van der Waals surface area contributed by atoms with Gasteiger partial charge >= 0.3 is 0 Å². The Labute approximate surface area is 173 Å². The van der Waals surface area contributed by atoms with Gasteiger partial charge in [-0.15, -0.1) is 0 Å². The van der Waals surface area contributed by atoms with E-state index in [4.69, 9.17) is 0 Å². The van der Waals surface area contributed by atoms with Crippen LogP contribution < -0.4 is 5.32 Å². The lowest BCUT2D eigenvalue weighted by Gasteiger charge is -2.32. The molecule has 164 valence electrons. The lowest BCUT2D eigenvalue weighted by Crippen LogP contribution is -2.47. The number of rotatable bonds is 8. The van der Waals surface area contributed by atoms with Gasteiger partial charge in [-0.2, -0.15) is 21.3 Å². The molecule has 1 atom stereocenters. The minimum atomic E-state index is -3.56. The number of benzene rings is 1. The van der Waals surface area contributed by atoms with Crippen molar-refractivity contribution in [3.63, 3.8) is 0 Å². The van der Waals surface area contributed by atoms with Gasteiger partial charge in [-0.1, -0.05) is 13.8 Å². The molecule has 1 aromatic carbocycles. The summed E-state index contributed by atoms with van der Waals surface area (Å²) in [6.45, 7) is 4.83. The Balaban J connectivity index is 2.08. The maximum Gasteiger partial charge on any atom is 0.281 e. The zero-order chi connectivity index (χ0) is 21.8. The molecule has 0 aromatic heterocycles. The molecule has 29 heavy (non-hydrogen) atoms. The van der Waals surface area contributed by atoms with E-state index >= 15 is 0 Å². The van der Waals surface area contributed by atoms with E-state index in [1.165, 1.54) is 34.8 Å². The van der Waals surface area contributed by atoms with Crippen LogP contribution in [-0.2, 0) is 25.0 Å². The number of carbonyl (C=O) groups is 1. The Morgan fingerprint density at radius 3 is 2.21 bits per heavy atom. The Morgan fingerprint density at radius 1 is 1.10 bits per heavy atom. The highest BCUT2D eigenvalue weighted by Gasteiger charge is 2.33. The summed E-state index contributed by atoms with van der Waals surface area (Å²) in [5.41, 5.74) is 0.473. The number of anilines is 1. The Kier molecular flexibility index (Phi) is 7.80. The molecule has 0 radical (unpaired) electrons. The van der Waals surface area contributed by atoms with Crippen LogP contribution in [0.25, 0.3) is 0 Å². The van der Waals surface area contributed by atoms with Crippen LogP contribution in [0.15, 0.2) is 29.2 Å². The van der Waals surface area contributed by atoms with Crippen LogP contribution in [0.1, 0.15) is 26.7 Å². The first kappa shape index (κ1) is 23.7. The predicted octanol–water partition coefficient (Wildman–Crippen LogP) is 1.17. The molecule has 11 heteroatoms. The zero-order valence-electron chi connectivity index (χ0n) is 17.3. The number of hydrogen-bond acceptors (Lipinski definition) is 5. The largest absolute Gasteiger partial charge is 0.326 e. The third-order valence-electron chi connectivity index (χ3n) is 5.01. The van der Waals surface area contributed by atoms with E-state index in [2.05, 4.69) is 5.32 Å². The van der Waals surface area contributed by atoms with Crippen molar-refractivity contribution in [2.24, 2.45) is 5.92 Å². The fourth-order valence-electron chi connectivity index (χ4n) is 3.26. The van der Waals surface area contributed by atoms with Gasteiger partial charge < -0.3 is 5.32 Å². The molecule has 1 N–H and O–H groups in total. The topological polar surface area (TPSA) is 107 Å². The summed E-state index contributed by atoms with van der Waals surface area (Å²) in [4.78, 5) is 12.8. The van der Waals surface area contributed by atoms with Crippen molar-refractivity contribution in [1.82, 2.24) is 12.9 Å². The highest BCUT2D eigenvalue weighted by molar-refractivity contribution is 7.89. The fraction of sp³-hybridized carbons (Fsp3) is 0.611. The van der Waals surface area contributed by atoms with Crippen LogP contribution in [-0.4, -0.2) is 75.9 Å². The summed E-state index contributed by atoms with van der Waals surface area (Å²) >= 11 is 0. The molecule has 1 saturated heterocycles. The SMILES string of the molecule is CCN(CC)S(=O)(=O)c1ccc(NC(=O)[C@H]2CCCN(S(=O)(=O)N(C)C)C2)cc1. The second-order valence-electron chi connectivity index (χ2n) is 7.09. The molecule has 0 unspecified atom stereocenters. The average molecular weight is 447 g/mol. The van der Waals surface area contributed by atoms with Crippen LogP contribution in [0.2, 0.25) is 0 Å². The molecule has 1 aliphatic heterocycles. The third kappa shape index (κ3) is 5.34. The lowest BCUT2D eigenvalue weighted by atomic mass is 9.99. The monoisotopic (exact) mass is 446 g/mol. The molecular weight excluding hydrogens is 416 g/mol. The second-order valence-corrected chi connectivity index (χ2v) is 11.2. The molecule has 0 aliphatic carbocycles. The summed E-state index contributed by atoms with van der Waals surface area (Å²) in [5, 5.41) is 2.77. The van der Waals surface area contributed by atoms with Gasteiger partial charge in [0, 0.05) is 46.0 Å². The molecule has 1 fully saturated rings. The van der Waals surface area contributed by atoms with Gasteiger partial charge in [-0.05, 0) is 37.1 Å². The van der Waals surface area contributed by atoms with Crippen molar-refractivity contribution in [3.05, 3.63) is 24.3 Å². The zero-order valence-corrected chi connectivity index (χ0v) is 19.0. The minimum Gasteiger partial charge on any atom is -0.326 e. The number of piperidine rings is 1. The number of nitrogens with one attached hydrogen (secondary N) is 1. The molecule has 1 aromatic rings. The van der Waals surface area contributed by atoms with Gasteiger partial charge in [0.25, 0.3) is 10.2 Å². The van der Waals surface area contributed by atoms with E-state index < -0.39 is 26.2 Å². The minimum absolute atomic E-state index is 0.126. The summed E-state index contributed by atoms with van der Waals surface area (Å²) in [6, 6.07) is 6.02. The summed E-state index contributed by atoms with van der Waals surface area (Å²) in [6.07, 6.45) is 1.20. The number of hydrogen-bond donors (Lipinski definition) is 1. The lowest BCUT2D eigenvalue weighted by molar-refractivity contribution is -0.120. The number of nitrogens with zero attached hydrogens (tertiary/aromatic N) is 3. The number of carbonyl (C=O) groups excluding carboxylic acids is 1. The quantitative estimate of drug-likeness (QED) is 0.645. The van der Waals surface area contributed by atoms with E-state index in [9.17, 15) is 21.6 Å². The fourth-order valence-corrected chi connectivity index (χ4v) is 5.91. The molecule has 1 amide bonds. The van der Waals surface area contributed by atoms with Crippen molar-refractivity contribution in [1.29, 1.82) is 0 Å². The van der Waals surface area contributed by atoms with Gasteiger partial charge in [0.05, 0.1) is 10.8 Å². The maximum atomic E-state index is 12.6. The van der Waals surface area contributed by atoms with Gasteiger partial charge in [0.1, 0.15) is 0 Å². The van der Waals surface area contributed by atoms with Crippen LogP contribution in [0.4, 0.5) is 5.69 Å². The maximum absolute atomic E-state index is 12.6. The summed E-state index contributed by atoms with van der Waals surface area (Å²) in [7, 11) is -4.19. The normalized spacial score (nSPS) is 18.9. The smallest absolute Gasteiger partial charge is 0.281 e. The summed E-state index contributed by atoms with van der Waals surface area (Å²) < 4.78 is 53.5. The number of sulfonamides is 1. The van der Waals surface area contributed by atoms with Gasteiger partial charge in [0.15, 0.2) is 0 Å². The van der Waals surface area contributed by atoms with E-state index in [1.54, 1.807) is 26.0 Å². The van der Waals surface area contributed by atoms with E-state index in [-0.39, 0.29) is 17.3 Å². The van der Waals surface area contributed by atoms with Crippen molar-refractivity contribution in [3.8, 4) is 0 Å². The van der Waals surface area contributed by atoms with Crippen molar-refractivity contribution < 1.29 is 21.6 Å². The van der Waals surface area contributed by atoms with Crippen molar-refractivity contribution in [2.45, 2.75) is 31.6 Å². The standard InChI is InChI=1S/C18H30N4O5S2/c1-5-21(6-2)28(24,25)17-11-9-16(10-12-17)19-18(23)15-8-7-13-22(14-15)29(26,27)20(3)4/h9-12,15H,5-8,13-14H2,1-4H3,(H,19,23)/t15-/m0/s1. The highest BCUT2D eigenvalue weighted by atomic mass is 32.2. The Hall–Kier alpha value is -1.53. The van der Waals surface area contributed by atoms with Crippen LogP contribution in [0.3, 0.4) is 0 Å². The second kappa shape index (κ2) is 9.52. The van der Waals surface area contributed by atoms with Crippen molar-refractivity contribution >= 4 is 31.8 Å². The van der Waals surface area contributed by atoms with Crippen LogP contribution in [0.5, 0.6) is 0 Å². The Bertz CT molecular complexity index is 910.